The number of benzene rings is 1. The van der Waals surface area contributed by atoms with Crippen molar-refractivity contribution >= 4 is 30.7 Å². The van der Waals surface area contributed by atoms with E-state index in [0.29, 0.717) is 24.5 Å². The fourth-order valence-corrected chi connectivity index (χ4v) is 2.77. The van der Waals surface area contributed by atoms with Crippen LogP contribution in [0.4, 0.5) is 0 Å². The minimum Gasteiger partial charge on any atom is -0.351 e. The zero-order valence-electron chi connectivity index (χ0n) is 11.9. The van der Waals surface area contributed by atoms with Gasteiger partial charge in [0.25, 0.3) is 0 Å². The number of hydrogen-bond donors (Lipinski definition) is 3. The van der Waals surface area contributed by atoms with Crippen molar-refractivity contribution in [1.29, 1.82) is 0 Å². The lowest BCUT2D eigenvalue weighted by molar-refractivity contribution is -0.120. The molecule has 3 rings (SSSR count). The zero-order valence-corrected chi connectivity index (χ0v) is 13.5. The molecule has 3 N–H and O–H groups in total. The standard InChI is InChI=1S/C15H21N3O.2ClH/c19-15(18-12-6-7-16-9-12)10-17-14-8-13(14)11-4-2-1-3-5-11;;/h1-5,12-14,16-17H,6-10H2,(H,18,19);2*1H. The SMILES string of the molecule is Cl.Cl.O=C(CNC1CC1c1ccccc1)NC1CCNC1. The van der Waals surface area contributed by atoms with E-state index in [9.17, 15) is 4.79 Å². The Labute approximate surface area is 138 Å². The van der Waals surface area contributed by atoms with Crippen molar-refractivity contribution in [3.05, 3.63) is 35.9 Å². The van der Waals surface area contributed by atoms with Crippen molar-refractivity contribution in [2.45, 2.75) is 30.8 Å². The van der Waals surface area contributed by atoms with Gasteiger partial charge in [0.15, 0.2) is 0 Å². The third-order valence-electron chi connectivity index (χ3n) is 3.97. The molecule has 118 valence electrons. The van der Waals surface area contributed by atoms with Crippen molar-refractivity contribution in [1.82, 2.24) is 16.0 Å². The van der Waals surface area contributed by atoms with Gasteiger partial charge in [-0.2, -0.15) is 0 Å². The first-order chi connectivity index (χ1) is 9.33. The Morgan fingerprint density at radius 1 is 1.24 bits per heavy atom. The van der Waals surface area contributed by atoms with E-state index in [1.54, 1.807) is 0 Å². The fourth-order valence-electron chi connectivity index (χ4n) is 2.77. The maximum absolute atomic E-state index is 11.8. The van der Waals surface area contributed by atoms with Crippen LogP contribution in [0.2, 0.25) is 0 Å². The number of hydrogen-bond acceptors (Lipinski definition) is 3. The average molecular weight is 332 g/mol. The van der Waals surface area contributed by atoms with Crippen LogP contribution in [0.3, 0.4) is 0 Å². The average Bonchev–Trinajstić information content (AvgIpc) is 3.05. The third-order valence-corrected chi connectivity index (χ3v) is 3.97. The molecule has 0 spiro atoms. The molecule has 1 saturated heterocycles. The summed E-state index contributed by atoms with van der Waals surface area (Å²) in [5.74, 6) is 0.703. The van der Waals surface area contributed by atoms with E-state index in [2.05, 4.69) is 40.2 Å². The second kappa shape index (κ2) is 8.59. The molecule has 1 aromatic rings. The lowest BCUT2D eigenvalue weighted by Crippen LogP contribution is -2.42. The van der Waals surface area contributed by atoms with Gasteiger partial charge in [0.1, 0.15) is 0 Å². The highest BCUT2D eigenvalue weighted by atomic mass is 35.5. The maximum Gasteiger partial charge on any atom is 0.234 e. The zero-order chi connectivity index (χ0) is 13.1. The Balaban J connectivity index is 0.00000110. The van der Waals surface area contributed by atoms with Gasteiger partial charge in [0.05, 0.1) is 6.54 Å². The molecule has 2 aliphatic rings. The Hall–Kier alpha value is -0.810. The summed E-state index contributed by atoms with van der Waals surface area (Å²) in [5, 5.41) is 9.65. The van der Waals surface area contributed by atoms with Crippen LogP contribution in [0, 0.1) is 0 Å². The lowest BCUT2D eigenvalue weighted by atomic mass is 10.1. The molecule has 1 aliphatic heterocycles. The van der Waals surface area contributed by atoms with Crippen molar-refractivity contribution in [2.24, 2.45) is 0 Å². The summed E-state index contributed by atoms with van der Waals surface area (Å²) < 4.78 is 0. The van der Waals surface area contributed by atoms with Gasteiger partial charge in [0, 0.05) is 24.5 Å². The van der Waals surface area contributed by atoms with E-state index in [1.165, 1.54) is 5.56 Å². The van der Waals surface area contributed by atoms with E-state index in [0.717, 1.165) is 25.9 Å². The molecule has 6 heteroatoms. The van der Waals surface area contributed by atoms with Crippen molar-refractivity contribution in [3.8, 4) is 0 Å². The van der Waals surface area contributed by atoms with Crippen LogP contribution in [0.25, 0.3) is 0 Å². The van der Waals surface area contributed by atoms with Crippen molar-refractivity contribution < 1.29 is 4.79 Å². The monoisotopic (exact) mass is 331 g/mol. The molecule has 0 bridgehead atoms. The van der Waals surface area contributed by atoms with Crippen LogP contribution in [0.15, 0.2) is 30.3 Å². The Kier molecular flexibility index (Phi) is 7.46. The first-order valence-corrected chi connectivity index (χ1v) is 7.11. The molecule has 1 aromatic carbocycles. The van der Waals surface area contributed by atoms with E-state index in [4.69, 9.17) is 0 Å². The molecular formula is C15H23Cl2N3O. The molecule has 4 nitrogen and oxygen atoms in total. The number of carbonyl (C=O) groups excluding carboxylic acids is 1. The van der Waals surface area contributed by atoms with Gasteiger partial charge in [-0.05, 0) is 24.9 Å². The van der Waals surface area contributed by atoms with Crippen molar-refractivity contribution in [2.75, 3.05) is 19.6 Å². The van der Waals surface area contributed by atoms with E-state index in [-0.39, 0.29) is 30.7 Å². The fraction of sp³-hybridized carbons (Fsp3) is 0.533. The third kappa shape index (κ3) is 5.15. The van der Waals surface area contributed by atoms with Gasteiger partial charge in [-0.15, -0.1) is 24.8 Å². The lowest BCUT2D eigenvalue weighted by Gasteiger charge is -2.11. The van der Waals surface area contributed by atoms with Crippen LogP contribution in [-0.2, 0) is 4.79 Å². The van der Waals surface area contributed by atoms with E-state index < -0.39 is 0 Å². The van der Waals surface area contributed by atoms with Crippen LogP contribution in [-0.4, -0.2) is 37.6 Å². The van der Waals surface area contributed by atoms with E-state index in [1.807, 2.05) is 6.07 Å². The van der Waals surface area contributed by atoms with Gasteiger partial charge < -0.3 is 16.0 Å². The minimum atomic E-state index is 0. The molecule has 3 unspecified atom stereocenters. The topological polar surface area (TPSA) is 53.2 Å². The first-order valence-electron chi connectivity index (χ1n) is 7.11. The van der Waals surface area contributed by atoms with Crippen LogP contribution in [0.1, 0.15) is 24.3 Å². The Bertz CT molecular complexity index is 438. The van der Waals surface area contributed by atoms with Gasteiger partial charge >= 0.3 is 0 Å². The molecule has 2 fully saturated rings. The molecule has 3 atom stereocenters. The highest BCUT2D eigenvalue weighted by Crippen LogP contribution is 2.40. The summed E-state index contributed by atoms with van der Waals surface area (Å²) >= 11 is 0. The van der Waals surface area contributed by atoms with Gasteiger partial charge in [-0.1, -0.05) is 30.3 Å². The predicted molar refractivity (Wildman–Crippen MR) is 89.5 cm³/mol. The summed E-state index contributed by atoms with van der Waals surface area (Å²) in [6.07, 6.45) is 2.18. The molecule has 0 radical (unpaired) electrons. The minimum absolute atomic E-state index is 0. The summed E-state index contributed by atoms with van der Waals surface area (Å²) in [5.41, 5.74) is 1.38. The number of nitrogens with one attached hydrogen (secondary N) is 3. The van der Waals surface area contributed by atoms with Gasteiger partial charge in [0.2, 0.25) is 5.91 Å². The number of rotatable bonds is 5. The predicted octanol–water partition coefficient (Wildman–Crippen LogP) is 1.45. The normalized spacial score (nSPS) is 26.4. The van der Waals surface area contributed by atoms with Crippen molar-refractivity contribution in [3.63, 3.8) is 0 Å². The molecule has 1 aliphatic carbocycles. The summed E-state index contributed by atoms with van der Waals surface area (Å²) in [6, 6.07) is 11.3. The summed E-state index contributed by atoms with van der Waals surface area (Å²) in [6.45, 7) is 2.35. The number of halogens is 2. The van der Waals surface area contributed by atoms with Crippen LogP contribution >= 0.6 is 24.8 Å². The quantitative estimate of drug-likeness (QED) is 0.765. The van der Waals surface area contributed by atoms with Gasteiger partial charge in [-0.25, -0.2) is 0 Å². The second-order valence-electron chi connectivity index (χ2n) is 5.50. The van der Waals surface area contributed by atoms with Gasteiger partial charge in [-0.3, -0.25) is 4.79 Å². The number of amides is 1. The molecule has 21 heavy (non-hydrogen) atoms. The smallest absolute Gasteiger partial charge is 0.234 e. The Morgan fingerprint density at radius 2 is 2.00 bits per heavy atom. The van der Waals surface area contributed by atoms with E-state index >= 15 is 0 Å². The number of carbonyl (C=O) groups is 1. The summed E-state index contributed by atoms with van der Waals surface area (Å²) in [7, 11) is 0. The van der Waals surface area contributed by atoms with Crippen LogP contribution < -0.4 is 16.0 Å². The molecule has 1 heterocycles. The largest absolute Gasteiger partial charge is 0.351 e. The first kappa shape index (κ1) is 18.2. The molecular weight excluding hydrogens is 309 g/mol. The highest BCUT2D eigenvalue weighted by Gasteiger charge is 2.37. The molecule has 1 amide bonds. The molecule has 1 saturated carbocycles. The highest BCUT2D eigenvalue weighted by molar-refractivity contribution is 5.85. The molecule has 0 aromatic heterocycles. The summed E-state index contributed by atoms with van der Waals surface area (Å²) in [4.78, 5) is 11.8. The van der Waals surface area contributed by atoms with Crippen LogP contribution in [0.5, 0.6) is 0 Å². The second-order valence-corrected chi connectivity index (χ2v) is 5.50. The maximum atomic E-state index is 11.8. The Morgan fingerprint density at radius 3 is 2.67 bits per heavy atom.